The van der Waals surface area contributed by atoms with Crippen LogP contribution in [0.1, 0.15) is 56.1 Å². The first-order valence-corrected chi connectivity index (χ1v) is 22.9. The van der Waals surface area contributed by atoms with Crippen LogP contribution in [0.5, 0.6) is 0 Å². The summed E-state index contributed by atoms with van der Waals surface area (Å²) in [5.41, 5.74) is 5.98. The molecule has 1 fully saturated rings. The van der Waals surface area contributed by atoms with Crippen LogP contribution < -0.4 is 27.5 Å². The van der Waals surface area contributed by atoms with Crippen molar-refractivity contribution in [2.45, 2.75) is 69.5 Å². The monoisotopic (exact) mass is 861 g/mol. The predicted octanol–water partition coefficient (Wildman–Crippen LogP) is 1.50. The molecule has 302 valence electrons. The summed E-state index contributed by atoms with van der Waals surface area (Å²) in [6.45, 7) is 4.71. The van der Waals surface area contributed by atoms with Gasteiger partial charge in [0.25, 0.3) is 5.91 Å². The van der Waals surface area contributed by atoms with Crippen molar-refractivity contribution in [3.05, 3.63) is 52.6 Å². The lowest BCUT2D eigenvalue weighted by Crippen LogP contribution is -2.36. The van der Waals surface area contributed by atoms with E-state index in [-0.39, 0.29) is 36.4 Å². The van der Waals surface area contributed by atoms with E-state index in [1.165, 1.54) is 33.9 Å². The van der Waals surface area contributed by atoms with Gasteiger partial charge >= 0.3 is 36.1 Å². The molecule has 9 N–H and O–H groups in total. The van der Waals surface area contributed by atoms with Crippen LogP contribution in [0.4, 0.5) is 5.82 Å². The molecule has 0 radical (unpaired) electrons. The van der Waals surface area contributed by atoms with E-state index in [1.54, 1.807) is 31.1 Å². The molecule has 0 spiro atoms. The molecule has 54 heavy (non-hydrogen) atoms. The van der Waals surface area contributed by atoms with Gasteiger partial charge in [0.1, 0.15) is 24.1 Å². The third-order valence-electron chi connectivity index (χ3n) is 7.26. The largest absolute Gasteiger partial charge is 0.490 e. The van der Waals surface area contributed by atoms with Gasteiger partial charge in [-0.3, -0.25) is 18.7 Å². The van der Waals surface area contributed by atoms with E-state index < -0.39 is 65.9 Å². The number of phosphoric ester groups is 1. The molecule has 27 heteroatoms. The summed E-state index contributed by atoms with van der Waals surface area (Å²) in [6, 6.07) is 7.99. The van der Waals surface area contributed by atoms with Crippen molar-refractivity contribution in [3.8, 4) is 0 Å². The molecule has 2 aromatic rings. The first-order chi connectivity index (χ1) is 25.0. The number of nitrogens with one attached hydrogen (secondary N) is 2. The number of hydrogen-bond donors (Lipinski definition) is 8. The summed E-state index contributed by atoms with van der Waals surface area (Å²) >= 11 is 0. The third kappa shape index (κ3) is 16.6. The maximum absolute atomic E-state index is 12.5. The lowest BCUT2D eigenvalue weighted by atomic mass is 9.64. The number of nitrogens with two attached hydrogens (primary N) is 1. The summed E-state index contributed by atoms with van der Waals surface area (Å²) in [4.78, 5) is 77.6. The van der Waals surface area contributed by atoms with Gasteiger partial charge in [0.15, 0.2) is 0 Å². The second-order valence-corrected chi connectivity index (χ2v) is 19.7. The van der Waals surface area contributed by atoms with Gasteiger partial charge in [0, 0.05) is 42.4 Å². The molecule has 1 saturated heterocycles. The summed E-state index contributed by atoms with van der Waals surface area (Å²) in [5, 5.41) is 15.3. The third-order valence-corrected chi connectivity index (χ3v) is 14.0. The maximum Gasteiger partial charge on any atom is 0.490 e. The number of carbonyl (C=O) groups is 2. The Kier molecular flexibility index (Phi) is 17.4. The van der Waals surface area contributed by atoms with Gasteiger partial charge in [-0.15, -0.1) is 0 Å². The smallest absolute Gasteiger partial charge is 0.447 e. The van der Waals surface area contributed by atoms with Gasteiger partial charge in [-0.2, -0.15) is 13.6 Å². The number of hydrogen-bond acceptors (Lipinski definition) is 16. The van der Waals surface area contributed by atoms with Gasteiger partial charge in [-0.25, -0.2) is 18.5 Å². The quantitative estimate of drug-likeness (QED) is 0.0273. The number of unbranched alkanes of at least 4 members (excludes halogenated alkanes) is 1. The Bertz CT molecular complexity index is 1790. The second kappa shape index (κ2) is 20.4. The van der Waals surface area contributed by atoms with Crippen molar-refractivity contribution in [2.75, 3.05) is 31.4 Å². The zero-order valence-electron chi connectivity index (χ0n) is 29.3. The number of nitrogen functional groups attached to an aromatic ring is 1. The molecule has 3 unspecified atom stereocenters. The minimum absolute atomic E-state index is 0.0152. The van der Waals surface area contributed by atoms with Crippen molar-refractivity contribution < 1.29 is 70.5 Å². The van der Waals surface area contributed by atoms with E-state index in [4.69, 9.17) is 29.5 Å². The molecule has 2 heterocycles. The first kappa shape index (κ1) is 46.3. The molecule has 1 aliphatic rings. The van der Waals surface area contributed by atoms with Crippen LogP contribution in [-0.4, -0.2) is 95.5 Å². The molecule has 0 aliphatic carbocycles. The van der Waals surface area contributed by atoms with E-state index in [9.17, 15) is 42.9 Å². The fraction of sp³-hybridized carbons (Fsp3) is 0.556. The number of carbonyl (C=O) groups excluding carboxylic acids is 2. The van der Waals surface area contributed by atoms with Gasteiger partial charge < -0.3 is 50.4 Å². The summed E-state index contributed by atoms with van der Waals surface area (Å²) in [7, 11) is -14.1. The van der Waals surface area contributed by atoms with E-state index in [1.807, 2.05) is 13.8 Å². The molecule has 2 amide bonds. The fourth-order valence-corrected chi connectivity index (χ4v) is 9.87. The van der Waals surface area contributed by atoms with Gasteiger partial charge in [0.2, 0.25) is 5.91 Å². The summed E-state index contributed by atoms with van der Waals surface area (Å²) in [5.74, 6) is -0.423. The number of rotatable bonds is 22. The number of amides is 2. The summed E-state index contributed by atoms with van der Waals surface area (Å²) < 4.78 is 59.5. The van der Waals surface area contributed by atoms with Crippen molar-refractivity contribution in [3.63, 3.8) is 0 Å². The number of aromatic nitrogens is 2. The molecule has 5 atom stereocenters. The van der Waals surface area contributed by atoms with Crippen LogP contribution in [0, 0.1) is 0 Å². The van der Waals surface area contributed by atoms with E-state index in [0.29, 0.717) is 37.0 Å². The van der Waals surface area contributed by atoms with Crippen molar-refractivity contribution in [1.82, 2.24) is 20.2 Å². The number of phosphoric acid groups is 3. The number of ether oxygens (including phenoxy) is 2. The van der Waals surface area contributed by atoms with Crippen molar-refractivity contribution in [2.24, 2.45) is 0 Å². The van der Waals surface area contributed by atoms with Crippen molar-refractivity contribution >= 4 is 75.1 Å². The average Bonchev–Trinajstić information content (AvgIpc) is 3.45. The topological polar surface area (TPSA) is 318 Å². The Morgan fingerprint density at radius 3 is 2.39 bits per heavy atom. The predicted molar refractivity (Wildman–Crippen MR) is 199 cm³/mol. The maximum atomic E-state index is 12.5. The normalized spacial score (nSPS) is 19.8. The van der Waals surface area contributed by atoms with Crippen LogP contribution in [0.3, 0.4) is 0 Å². The standard InChI is InChI=1S/C27H43BN5O16P3S2/c1-27(2,16-31-23(34)6-4-5-12-30-25(35)18-7-9-19(10-8-18)28(3)37)54-53-17-45-20-14-24(33-13-11-22(29)32-26(33)36)47-21(20)15-46-51(41,42)49-52(43,44)48-50(38,39)40/h7-11,13,20-21,24,37H,4-6,12,14-17H2,1-3H3,(H,30,35)(H,31,34)(H,41,42)(H,43,44)(H2,29,32,36)(H2,38,39,40)/t20?,21-,24-/m1/s1. The van der Waals surface area contributed by atoms with Crippen LogP contribution in [-0.2, 0) is 41.1 Å². The number of nitrogens with zero attached hydrogens (tertiary/aromatic N) is 2. The highest BCUT2D eigenvalue weighted by atomic mass is 33.1. The van der Waals surface area contributed by atoms with Gasteiger partial charge in [0.05, 0.1) is 12.7 Å². The lowest BCUT2D eigenvalue weighted by molar-refractivity contribution is -0.121. The molecule has 1 aliphatic heterocycles. The average molecular weight is 862 g/mol. The molecule has 21 nitrogen and oxygen atoms in total. The molecular formula is C27H43BN5O16P3S2. The van der Waals surface area contributed by atoms with Crippen LogP contribution in [0.15, 0.2) is 41.3 Å². The highest BCUT2D eigenvalue weighted by Crippen LogP contribution is 2.66. The number of benzene rings is 1. The highest BCUT2D eigenvalue weighted by molar-refractivity contribution is 8.77. The van der Waals surface area contributed by atoms with Gasteiger partial charge in [-0.1, -0.05) is 40.5 Å². The Morgan fingerprint density at radius 2 is 1.76 bits per heavy atom. The molecule has 1 aromatic carbocycles. The van der Waals surface area contributed by atoms with E-state index in [0.717, 1.165) is 4.57 Å². The van der Waals surface area contributed by atoms with E-state index >= 15 is 0 Å². The Labute approximate surface area is 318 Å². The zero-order valence-corrected chi connectivity index (χ0v) is 33.6. The SMILES string of the molecule is CB(O)c1ccc(C(=O)NCCCCC(=O)NCC(C)(C)SSCOC2C[C@H](n3ccc(N)nc3=O)O[C@@H]2COP(=O)(O)OP(=O)(O)OP(=O)(O)O)cc1. The minimum Gasteiger partial charge on any atom is -0.447 e. The lowest BCUT2D eigenvalue weighted by Gasteiger charge is -2.24. The molecule has 0 saturated carbocycles. The molecule has 1 aromatic heterocycles. The summed E-state index contributed by atoms with van der Waals surface area (Å²) in [6.07, 6.45) is -0.324. The first-order valence-electron chi connectivity index (χ1n) is 16.1. The van der Waals surface area contributed by atoms with Crippen LogP contribution >= 0.6 is 45.1 Å². The minimum atomic E-state index is -5.75. The molecule has 3 rings (SSSR count). The Balaban J connectivity index is 1.44. The van der Waals surface area contributed by atoms with Gasteiger partial charge in [-0.05, 0) is 50.4 Å². The van der Waals surface area contributed by atoms with Crippen molar-refractivity contribution in [1.29, 1.82) is 0 Å². The molecular weight excluding hydrogens is 818 g/mol. The van der Waals surface area contributed by atoms with E-state index in [2.05, 4.69) is 24.2 Å². The second-order valence-electron chi connectivity index (χ2n) is 12.4. The Hall–Kier alpha value is -2.11. The zero-order chi connectivity index (χ0) is 40.3. The highest BCUT2D eigenvalue weighted by Gasteiger charge is 2.43. The Morgan fingerprint density at radius 1 is 1.07 bits per heavy atom. The fourth-order valence-electron chi connectivity index (χ4n) is 4.67. The molecule has 0 bridgehead atoms. The van der Waals surface area contributed by atoms with Crippen LogP contribution in [0.25, 0.3) is 0 Å². The number of anilines is 1. The van der Waals surface area contributed by atoms with Crippen LogP contribution in [0.2, 0.25) is 6.82 Å².